The molecule has 0 aliphatic carbocycles. The number of hydrogen-bond acceptors (Lipinski definition) is 3. The first-order valence-corrected chi connectivity index (χ1v) is 4.18. The van der Waals surface area contributed by atoms with Crippen molar-refractivity contribution in [2.75, 3.05) is 0 Å². The van der Waals surface area contributed by atoms with Gasteiger partial charge in [0, 0.05) is 18.8 Å². The summed E-state index contributed by atoms with van der Waals surface area (Å²) in [4.78, 5) is 8.19. The molecule has 0 bridgehead atoms. The van der Waals surface area contributed by atoms with E-state index >= 15 is 0 Å². The SMILES string of the molecule is CCC(O)Cc1ncc(C)cn1. The van der Waals surface area contributed by atoms with E-state index in [-0.39, 0.29) is 6.10 Å². The van der Waals surface area contributed by atoms with Gasteiger partial charge >= 0.3 is 0 Å². The monoisotopic (exact) mass is 166 g/mol. The summed E-state index contributed by atoms with van der Waals surface area (Å²) in [6.45, 7) is 3.89. The van der Waals surface area contributed by atoms with Crippen molar-refractivity contribution in [3.05, 3.63) is 23.8 Å². The molecule has 1 heterocycles. The Morgan fingerprint density at radius 1 is 1.42 bits per heavy atom. The average Bonchev–Trinajstić information content (AvgIpc) is 2.09. The molecule has 1 unspecified atom stereocenters. The van der Waals surface area contributed by atoms with Crippen molar-refractivity contribution in [2.24, 2.45) is 0 Å². The Morgan fingerprint density at radius 3 is 2.50 bits per heavy atom. The quantitative estimate of drug-likeness (QED) is 0.731. The van der Waals surface area contributed by atoms with Crippen LogP contribution < -0.4 is 0 Å². The number of aryl methyl sites for hydroxylation is 1. The van der Waals surface area contributed by atoms with Gasteiger partial charge in [-0.25, -0.2) is 9.97 Å². The zero-order chi connectivity index (χ0) is 8.97. The van der Waals surface area contributed by atoms with Crippen LogP contribution in [0.3, 0.4) is 0 Å². The predicted octanol–water partition coefficient (Wildman–Crippen LogP) is 1.10. The molecule has 0 spiro atoms. The van der Waals surface area contributed by atoms with Gasteiger partial charge in [0.25, 0.3) is 0 Å². The first kappa shape index (κ1) is 9.13. The number of hydrogen-bond donors (Lipinski definition) is 1. The fraction of sp³-hybridized carbons (Fsp3) is 0.556. The van der Waals surface area contributed by atoms with Crippen LogP contribution >= 0.6 is 0 Å². The molecule has 1 aromatic rings. The van der Waals surface area contributed by atoms with Crippen molar-refractivity contribution in [3.8, 4) is 0 Å². The van der Waals surface area contributed by atoms with Crippen LogP contribution in [0.25, 0.3) is 0 Å². The second-order valence-electron chi connectivity index (χ2n) is 2.94. The summed E-state index contributed by atoms with van der Waals surface area (Å²) >= 11 is 0. The van der Waals surface area contributed by atoms with Crippen molar-refractivity contribution >= 4 is 0 Å². The number of rotatable bonds is 3. The van der Waals surface area contributed by atoms with Gasteiger partial charge in [-0.1, -0.05) is 6.92 Å². The van der Waals surface area contributed by atoms with Gasteiger partial charge in [0.05, 0.1) is 6.10 Å². The highest BCUT2D eigenvalue weighted by atomic mass is 16.3. The molecule has 0 amide bonds. The van der Waals surface area contributed by atoms with E-state index < -0.39 is 0 Å². The molecule has 0 radical (unpaired) electrons. The third-order valence-corrected chi connectivity index (χ3v) is 1.72. The molecule has 0 saturated carbocycles. The molecule has 0 aliphatic rings. The first-order chi connectivity index (χ1) is 5.72. The number of aliphatic hydroxyl groups excluding tert-OH is 1. The summed E-state index contributed by atoms with van der Waals surface area (Å²) in [6.07, 6.45) is 4.52. The van der Waals surface area contributed by atoms with E-state index in [2.05, 4.69) is 9.97 Å². The number of nitrogens with zero attached hydrogens (tertiary/aromatic N) is 2. The topological polar surface area (TPSA) is 46.0 Å². The van der Waals surface area contributed by atoms with Gasteiger partial charge < -0.3 is 5.11 Å². The second-order valence-corrected chi connectivity index (χ2v) is 2.94. The Labute approximate surface area is 72.5 Å². The molecule has 1 aromatic heterocycles. The fourth-order valence-corrected chi connectivity index (χ4v) is 0.880. The Balaban J connectivity index is 2.58. The zero-order valence-electron chi connectivity index (χ0n) is 7.49. The van der Waals surface area contributed by atoms with E-state index in [9.17, 15) is 5.11 Å². The van der Waals surface area contributed by atoms with Crippen molar-refractivity contribution < 1.29 is 5.11 Å². The van der Waals surface area contributed by atoms with Crippen LogP contribution in [0.4, 0.5) is 0 Å². The minimum absolute atomic E-state index is 0.312. The lowest BCUT2D eigenvalue weighted by atomic mass is 10.2. The molecule has 0 saturated heterocycles. The third-order valence-electron chi connectivity index (χ3n) is 1.72. The van der Waals surface area contributed by atoms with Crippen molar-refractivity contribution in [2.45, 2.75) is 32.8 Å². The predicted molar refractivity (Wildman–Crippen MR) is 46.8 cm³/mol. The molecule has 0 aromatic carbocycles. The molecular formula is C9H14N2O. The van der Waals surface area contributed by atoms with Crippen LogP contribution in [0.15, 0.2) is 12.4 Å². The highest BCUT2D eigenvalue weighted by molar-refractivity contribution is 5.02. The maximum absolute atomic E-state index is 9.30. The molecule has 0 aliphatic heterocycles. The standard InChI is InChI=1S/C9H14N2O/c1-3-8(12)4-9-10-5-7(2)6-11-9/h5-6,8,12H,3-4H2,1-2H3. The average molecular weight is 166 g/mol. The van der Waals surface area contributed by atoms with Crippen molar-refractivity contribution in [1.82, 2.24) is 9.97 Å². The van der Waals surface area contributed by atoms with Crippen LogP contribution in [0, 0.1) is 6.92 Å². The summed E-state index contributed by atoms with van der Waals surface area (Å²) in [5, 5.41) is 9.30. The van der Waals surface area contributed by atoms with E-state index in [1.807, 2.05) is 13.8 Å². The Bertz CT molecular complexity index is 233. The molecule has 1 atom stereocenters. The normalized spacial score (nSPS) is 12.9. The van der Waals surface area contributed by atoms with Gasteiger partial charge in [0.1, 0.15) is 5.82 Å². The Morgan fingerprint density at radius 2 is 2.00 bits per heavy atom. The van der Waals surface area contributed by atoms with Crippen LogP contribution in [0.5, 0.6) is 0 Å². The highest BCUT2D eigenvalue weighted by Gasteiger charge is 2.03. The van der Waals surface area contributed by atoms with Gasteiger partial charge in [-0.15, -0.1) is 0 Å². The van der Waals surface area contributed by atoms with Gasteiger partial charge in [-0.3, -0.25) is 0 Å². The summed E-state index contributed by atoms with van der Waals surface area (Å²) in [5.41, 5.74) is 1.05. The van der Waals surface area contributed by atoms with E-state index in [1.165, 1.54) is 0 Å². The zero-order valence-corrected chi connectivity index (χ0v) is 7.49. The van der Waals surface area contributed by atoms with Crippen LogP contribution in [0.1, 0.15) is 24.7 Å². The summed E-state index contributed by atoms with van der Waals surface area (Å²) in [7, 11) is 0. The molecule has 12 heavy (non-hydrogen) atoms. The minimum atomic E-state index is -0.312. The molecular weight excluding hydrogens is 152 g/mol. The molecule has 66 valence electrons. The molecule has 1 N–H and O–H groups in total. The molecule has 0 fully saturated rings. The van der Waals surface area contributed by atoms with E-state index in [0.717, 1.165) is 17.8 Å². The van der Waals surface area contributed by atoms with Crippen molar-refractivity contribution in [3.63, 3.8) is 0 Å². The van der Waals surface area contributed by atoms with Gasteiger partial charge in [0.2, 0.25) is 0 Å². The lowest BCUT2D eigenvalue weighted by Crippen LogP contribution is -2.11. The lowest BCUT2D eigenvalue weighted by molar-refractivity contribution is 0.168. The molecule has 1 rings (SSSR count). The minimum Gasteiger partial charge on any atom is -0.393 e. The van der Waals surface area contributed by atoms with E-state index in [4.69, 9.17) is 0 Å². The largest absolute Gasteiger partial charge is 0.393 e. The summed E-state index contributed by atoms with van der Waals surface area (Å²) < 4.78 is 0. The maximum Gasteiger partial charge on any atom is 0.130 e. The van der Waals surface area contributed by atoms with E-state index in [0.29, 0.717) is 6.42 Å². The third kappa shape index (κ3) is 2.58. The van der Waals surface area contributed by atoms with Gasteiger partial charge in [-0.05, 0) is 18.9 Å². The fourth-order valence-electron chi connectivity index (χ4n) is 0.880. The van der Waals surface area contributed by atoms with Crippen LogP contribution in [-0.2, 0) is 6.42 Å². The Hall–Kier alpha value is -0.960. The summed E-state index contributed by atoms with van der Waals surface area (Å²) in [6, 6.07) is 0. The first-order valence-electron chi connectivity index (χ1n) is 4.18. The van der Waals surface area contributed by atoms with Gasteiger partial charge in [0.15, 0.2) is 0 Å². The second kappa shape index (κ2) is 4.16. The van der Waals surface area contributed by atoms with Crippen LogP contribution in [-0.4, -0.2) is 21.2 Å². The van der Waals surface area contributed by atoms with Crippen molar-refractivity contribution in [1.29, 1.82) is 0 Å². The van der Waals surface area contributed by atoms with E-state index in [1.54, 1.807) is 12.4 Å². The van der Waals surface area contributed by atoms with Crippen LogP contribution in [0.2, 0.25) is 0 Å². The number of aromatic nitrogens is 2. The maximum atomic E-state index is 9.30. The smallest absolute Gasteiger partial charge is 0.130 e. The molecule has 3 heteroatoms. The Kier molecular flexibility index (Phi) is 3.17. The number of aliphatic hydroxyl groups is 1. The van der Waals surface area contributed by atoms with Gasteiger partial charge in [-0.2, -0.15) is 0 Å². The lowest BCUT2D eigenvalue weighted by Gasteiger charge is -2.05. The summed E-state index contributed by atoms with van der Waals surface area (Å²) in [5.74, 6) is 0.718. The highest BCUT2D eigenvalue weighted by Crippen LogP contribution is 2.00. The molecule has 3 nitrogen and oxygen atoms in total.